The SMILES string of the molecule is C#CN([C@@H](C)c1ccccc1)S(=O)(=O)c1ccccc1. The molecule has 4 heteroatoms. The Balaban J connectivity index is 2.41. The van der Waals surface area contributed by atoms with Crippen LogP contribution in [0, 0.1) is 12.5 Å². The number of hydrogen-bond donors (Lipinski definition) is 0. The van der Waals surface area contributed by atoms with Crippen molar-refractivity contribution in [3.05, 3.63) is 66.2 Å². The lowest BCUT2D eigenvalue weighted by Gasteiger charge is -2.25. The van der Waals surface area contributed by atoms with Crippen molar-refractivity contribution >= 4 is 10.0 Å². The minimum Gasteiger partial charge on any atom is -0.217 e. The van der Waals surface area contributed by atoms with Crippen molar-refractivity contribution in [2.45, 2.75) is 17.9 Å². The van der Waals surface area contributed by atoms with Crippen LogP contribution < -0.4 is 0 Å². The van der Waals surface area contributed by atoms with Crippen LogP contribution in [0.2, 0.25) is 0 Å². The van der Waals surface area contributed by atoms with Crippen LogP contribution in [0.15, 0.2) is 65.6 Å². The molecule has 2 aromatic carbocycles. The summed E-state index contributed by atoms with van der Waals surface area (Å²) in [5.74, 6) is 0. The van der Waals surface area contributed by atoms with Gasteiger partial charge in [-0.3, -0.25) is 0 Å². The first kappa shape index (κ1) is 14.2. The average Bonchev–Trinajstić information content (AvgIpc) is 2.49. The molecule has 0 fully saturated rings. The first-order chi connectivity index (χ1) is 9.57. The molecule has 0 aliphatic rings. The highest BCUT2D eigenvalue weighted by molar-refractivity contribution is 7.89. The lowest BCUT2D eigenvalue weighted by Crippen LogP contribution is -2.29. The van der Waals surface area contributed by atoms with Crippen LogP contribution in [0.4, 0.5) is 0 Å². The Morgan fingerprint density at radius 3 is 2.00 bits per heavy atom. The molecule has 2 aromatic rings. The molecule has 3 nitrogen and oxygen atoms in total. The molecule has 102 valence electrons. The van der Waals surface area contributed by atoms with E-state index in [0.29, 0.717) is 0 Å². The second-order valence-electron chi connectivity index (χ2n) is 4.33. The summed E-state index contributed by atoms with van der Waals surface area (Å²) >= 11 is 0. The zero-order valence-electron chi connectivity index (χ0n) is 11.1. The third-order valence-electron chi connectivity index (χ3n) is 3.06. The van der Waals surface area contributed by atoms with E-state index in [4.69, 9.17) is 6.42 Å². The van der Waals surface area contributed by atoms with Gasteiger partial charge < -0.3 is 0 Å². The maximum absolute atomic E-state index is 12.6. The molecule has 0 unspecified atom stereocenters. The lowest BCUT2D eigenvalue weighted by atomic mass is 10.1. The normalized spacial score (nSPS) is 12.4. The molecule has 0 saturated heterocycles. The summed E-state index contributed by atoms with van der Waals surface area (Å²) in [6.07, 6.45) is 5.43. The van der Waals surface area contributed by atoms with Gasteiger partial charge >= 0.3 is 0 Å². The Morgan fingerprint density at radius 2 is 1.50 bits per heavy atom. The van der Waals surface area contributed by atoms with E-state index in [1.54, 1.807) is 25.1 Å². The van der Waals surface area contributed by atoms with Crippen molar-refractivity contribution in [1.29, 1.82) is 0 Å². The fourth-order valence-electron chi connectivity index (χ4n) is 1.96. The van der Waals surface area contributed by atoms with Crippen molar-refractivity contribution in [3.8, 4) is 12.5 Å². The van der Waals surface area contributed by atoms with Gasteiger partial charge in [0, 0.05) is 6.04 Å². The lowest BCUT2D eigenvalue weighted by molar-refractivity contribution is 0.447. The summed E-state index contributed by atoms with van der Waals surface area (Å²) in [5, 5.41) is 0. The summed E-state index contributed by atoms with van der Waals surface area (Å²) in [7, 11) is -3.70. The van der Waals surface area contributed by atoms with Gasteiger partial charge in [-0.2, -0.15) is 0 Å². The van der Waals surface area contributed by atoms with Gasteiger partial charge in [0.2, 0.25) is 0 Å². The molecule has 2 rings (SSSR count). The van der Waals surface area contributed by atoms with E-state index in [2.05, 4.69) is 6.04 Å². The molecule has 0 aliphatic heterocycles. The van der Waals surface area contributed by atoms with Crippen molar-refractivity contribution in [2.24, 2.45) is 0 Å². The first-order valence-electron chi connectivity index (χ1n) is 6.18. The highest BCUT2D eigenvalue weighted by Crippen LogP contribution is 2.26. The van der Waals surface area contributed by atoms with Crippen LogP contribution in [0.1, 0.15) is 18.5 Å². The van der Waals surface area contributed by atoms with E-state index >= 15 is 0 Å². The molecule has 1 atom stereocenters. The molecule has 0 aromatic heterocycles. The molecule has 0 amide bonds. The topological polar surface area (TPSA) is 37.4 Å². The molecular formula is C16H15NO2S. The zero-order valence-corrected chi connectivity index (χ0v) is 11.9. The minimum atomic E-state index is -3.70. The Hall–Kier alpha value is -2.25. The van der Waals surface area contributed by atoms with Crippen LogP contribution in [0.5, 0.6) is 0 Å². The molecule has 0 saturated carbocycles. The molecule has 0 N–H and O–H groups in total. The number of nitrogens with zero attached hydrogens (tertiary/aromatic N) is 1. The molecule has 0 aliphatic carbocycles. The highest BCUT2D eigenvalue weighted by atomic mass is 32.2. The Bertz CT molecular complexity index is 703. The molecule has 0 radical (unpaired) electrons. The van der Waals surface area contributed by atoms with Gasteiger partial charge in [0.1, 0.15) is 0 Å². The van der Waals surface area contributed by atoms with Gasteiger partial charge in [-0.05, 0) is 24.6 Å². The molecule has 0 heterocycles. The van der Waals surface area contributed by atoms with E-state index in [9.17, 15) is 8.42 Å². The molecule has 0 spiro atoms. The fraction of sp³-hybridized carbons (Fsp3) is 0.125. The van der Waals surface area contributed by atoms with Gasteiger partial charge in [0.05, 0.1) is 10.9 Å². The highest BCUT2D eigenvalue weighted by Gasteiger charge is 2.27. The van der Waals surface area contributed by atoms with Gasteiger partial charge in [0.25, 0.3) is 10.0 Å². The summed E-state index contributed by atoms with van der Waals surface area (Å²) in [4.78, 5) is 0.195. The maximum Gasteiger partial charge on any atom is 0.271 e. The average molecular weight is 285 g/mol. The van der Waals surface area contributed by atoms with Crippen molar-refractivity contribution in [3.63, 3.8) is 0 Å². The zero-order chi connectivity index (χ0) is 14.6. The quantitative estimate of drug-likeness (QED) is 0.639. The number of sulfonamides is 1. The number of rotatable bonds is 4. The Labute approximate surface area is 119 Å². The Kier molecular flexibility index (Phi) is 4.11. The summed E-state index contributed by atoms with van der Waals surface area (Å²) in [5.41, 5.74) is 0.852. The minimum absolute atomic E-state index is 0.195. The largest absolute Gasteiger partial charge is 0.271 e. The van der Waals surface area contributed by atoms with Crippen molar-refractivity contribution in [1.82, 2.24) is 4.31 Å². The fourth-order valence-corrected chi connectivity index (χ4v) is 3.37. The van der Waals surface area contributed by atoms with Crippen LogP contribution in [-0.4, -0.2) is 12.7 Å². The first-order valence-corrected chi connectivity index (χ1v) is 7.62. The second-order valence-corrected chi connectivity index (χ2v) is 6.14. The standard InChI is InChI=1S/C16H15NO2S/c1-3-17(14(2)15-10-6-4-7-11-15)20(18,19)16-12-8-5-9-13-16/h1,4-14H,2H3/t14-/m0/s1. The number of benzene rings is 2. The Morgan fingerprint density at radius 1 is 1.00 bits per heavy atom. The van der Waals surface area contributed by atoms with E-state index < -0.39 is 16.1 Å². The number of terminal acetylenes is 1. The second kappa shape index (κ2) is 5.81. The van der Waals surface area contributed by atoms with Gasteiger partial charge in [0.15, 0.2) is 0 Å². The van der Waals surface area contributed by atoms with Crippen LogP contribution in [0.25, 0.3) is 0 Å². The third kappa shape index (κ3) is 2.68. The smallest absolute Gasteiger partial charge is 0.217 e. The van der Waals surface area contributed by atoms with Crippen molar-refractivity contribution in [2.75, 3.05) is 0 Å². The third-order valence-corrected chi connectivity index (χ3v) is 4.87. The van der Waals surface area contributed by atoms with Gasteiger partial charge in [-0.25, -0.2) is 12.7 Å². The predicted molar refractivity (Wildman–Crippen MR) is 79.2 cm³/mol. The van der Waals surface area contributed by atoms with E-state index in [-0.39, 0.29) is 4.90 Å². The molecular weight excluding hydrogens is 270 g/mol. The van der Waals surface area contributed by atoms with E-state index in [0.717, 1.165) is 9.87 Å². The van der Waals surface area contributed by atoms with Crippen LogP contribution in [-0.2, 0) is 10.0 Å². The number of hydrogen-bond acceptors (Lipinski definition) is 2. The molecule has 0 bridgehead atoms. The van der Waals surface area contributed by atoms with Crippen LogP contribution >= 0.6 is 0 Å². The van der Waals surface area contributed by atoms with Gasteiger partial charge in [-0.1, -0.05) is 55.0 Å². The predicted octanol–water partition coefficient (Wildman–Crippen LogP) is 3.03. The van der Waals surface area contributed by atoms with Gasteiger partial charge in [-0.15, -0.1) is 0 Å². The maximum atomic E-state index is 12.6. The summed E-state index contributed by atoms with van der Waals surface area (Å²) in [6, 6.07) is 19.4. The van der Waals surface area contributed by atoms with Crippen LogP contribution in [0.3, 0.4) is 0 Å². The molecule has 20 heavy (non-hydrogen) atoms. The van der Waals surface area contributed by atoms with E-state index in [1.165, 1.54) is 12.1 Å². The summed E-state index contributed by atoms with van der Waals surface area (Å²) in [6.45, 7) is 1.77. The van der Waals surface area contributed by atoms with E-state index in [1.807, 2.05) is 30.3 Å². The van der Waals surface area contributed by atoms with Crippen molar-refractivity contribution < 1.29 is 8.42 Å². The monoisotopic (exact) mass is 285 g/mol. The summed E-state index contributed by atoms with van der Waals surface area (Å²) < 4.78 is 26.2.